The average molecular weight is 164 g/mol. The van der Waals surface area contributed by atoms with Crippen molar-refractivity contribution < 1.29 is 0 Å². The predicted octanol–water partition coefficient (Wildman–Crippen LogP) is 1.09. The Bertz CT molecular complexity index is 242. The van der Waals surface area contributed by atoms with Crippen molar-refractivity contribution in [3.8, 4) is 0 Å². The first kappa shape index (κ1) is 9.29. The van der Waals surface area contributed by atoms with Gasteiger partial charge in [-0.3, -0.25) is 0 Å². The van der Waals surface area contributed by atoms with Crippen molar-refractivity contribution in [3.05, 3.63) is 5.69 Å². The van der Waals surface area contributed by atoms with Crippen LogP contribution in [0.4, 0.5) is 0 Å². The molecule has 0 aliphatic carbocycles. The van der Waals surface area contributed by atoms with Gasteiger partial charge in [0.05, 0.1) is 5.69 Å². The second-order valence-electron chi connectivity index (χ2n) is 3.66. The van der Waals surface area contributed by atoms with E-state index >= 15 is 0 Å². The van der Waals surface area contributed by atoms with Crippen LogP contribution in [0.15, 0.2) is 0 Å². The van der Waals surface area contributed by atoms with Gasteiger partial charge in [0.25, 0.3) is 0 Å². The standard InChI is InChI=1S/C8H15BN3/c1-5(2)7-8(9-6(3)4)11-12-10-7/h5-6H,1-4H3,(H,10,11,12). The maximum atomic E-state index is 4.10. The van der Waals surface area contributed by atoms with Gasteiger partial charge in [-0.15, -0.1) is 0 Å². The Labute approximate surface area is 74.2 Å². The molecule has 4 heteroatoms. The molecule has 0 spiro atoms. The van der Waals surface area contributed by atoms with Crippen LogP contribution in [0.2, 0.25) is 5.82 Å². The van der Waals surface area contributed by atoms with Crippen molar-refractivity contribution in [2.75, 3.05) is 0 Å². The van der Waals surface area contributed by atoms with E-state index in [1.807, 2.05) is 0 Å². The third-order valence-corrected chi connectivity index (χ3v) is 1.64. The van der Waals surface area contributed by atoms with Crippen molar-refractivity contribution in [3.63, 3.8) is 0 Å². The zero-order valence-corrected chi connectivity index (χ0v) is 8.13. The van der Waals surface area contributed by atoms with Gasteiger partial charge in [-0.1, -0.05) is 33.5 Å². The highest BCUT2D eigenvalue weighted by Crippen LogP contribution is 2.07. The summed E-state index contributed by atoms with van der Waals surface area (Å²) in [5, 5.41) is 10.8. The Balaban J connectivity index is 2.77. The summed E-state index contributed by atoms with van der Waals surface area (Å²) in [5.41, 5.74) is 2.06. The normalized spacial score (nSPS) is 11.2. The molecule has 1 radical (unpaired) electrons. The SMILES string of the molecule is CC(C)[B]c1n[nH]nc1C(C)C. The highest BCUT2D eigenvalue weighted by Gasteiger charge is 2.13. The van der Waals surface area contributed by atoms with Crippen LogP contribution >= 0.6 is 0 Å². The van der Waals surface area contributed by atoms with Gasteiger partial charge in [0.1, 0.15) is 0 Å². The van der Waals surface area contributed by atoms with E-state index in [1.165, 1.54) is 0 Å². The van der Waals surface area contributed by atoms with Gasteiger partial charge in [-0.25, -0.2) is 0 Å². The fourth-order valence-electron chi connectivity index (χ4n) is 1.11. The van der Waals surface area contributed by atoms with E-state index in [0.717, 1.165) is 11.3 Å². The van der Waals surface area contributed by atoms with E-state index in [1.54, 1.807) is 0 Å². The van der Waals surface area contributed by atoms with Crippen LogP contribution in [0.25, 0.3) is 0 Å². The molecule has 0 unspecified atom stereocenters. The molecular weight excluding hydrogens is 149 g/mol. The molecule has 1 aromatic heterocycles. The fourth-order valence-corrected chi connectivity index (χ4v) is 1.11. The Morgan fingerprint density at radius 1 is 1.17 bits per heavy atom. The third kappa shape index (κ3) is 2.09. The van der Waals surface area contributed by atoms with Crippen LogP contribution in [0, 0.1) is 0 Å². The van der Waals surface area contributed by atoms with Gasteiger partial charge in [-0.05, 0) is 5.92 Å². The van der Waals surface area contributed by atoms with Gasteiger partial charge < -0.3 is 0 Å². The lowest BCUT2D eigenvalue weighted by Gasteiger charge is -2.03. The molecule has 1 heterocycles. The number of hydrogen-bond acceptors (Lipinski definition) is 2. The maximum Gasteiger partial charge on any atom is 0.185 e. The molecule has 0 saturated heterocycles. The zero-order valence-electron chi connectivity index (χ0n) is 8.13. The van der Waals surface area contributed by atoms with Gasteiger partial charge in [0.2, 0.25) is 0 Å². The highest BCUT2D eigenvalue weighted by atomic mass is 15.3. The summed E-state index contributed by atoms with van der Waals surface area (Å²) < 4.78 is 0. The summed E-state index contributed by atoms with van der Waals surface area (Å²) in [4.78, 5) is 0. The average Bonchev–Trinajstić information content (AvgIpc) is 2.33. The third-order valence-electron chi connectivity index (χ3n) is 1.64. The minimum absolute atomic E-state index is 0.439. The first-order valence-corrected chi connectivity index (χ1v) is 4.36. The molecule has 0 aliphatic heterocycles. The smallest absolute Gasteiger partial charge is 0.185 e. The Morgan fingerprint density at radius 3 is 2.33 bits per heavy atom. The quantitative estimate of drug-likeness (QED) is 0.679. The Kier molecular flexibility index (Phi) is 2.90. The number of aromatic nitrogens is 3. The summed E-state index contributed by atoms with van der Waals surface area (Å²) in [7, 11) is 2.12. The van der Waals surface area contributed by atoms with Crippen molar-refractivity contribution in [1.82, 2.24) is 15.4 Å². The molecule has 65 valence electrons. The van der Waals surface area contributed by atoms with E-state index in [9.17, 15) is 0 Å². The summed E-state index contributed by atoms with van der Waals surface area (Å²) >= 11 is 0. The lowest BCUT2D eigenvalue weighted by Crippen LogP contribution is -2.23. The van der Waals surface area contributed by atoms with E-state index in [0.29, 0.717) is 11.7 Å². The molecule has 0 fully saturated rings. The lowest BCUT2D eigenvalue weighted by atomic mass is 9.62. The maximum absolute atomic E-state index is 4.10. The molecule has 1 N–H and O–H groups in total. The second-order valence-corrected chi connectivity index (χ2v) is 3.66. The number of nitrogens with zero attached hydrogens (tertiary/aromatic N) is 2. The monoisotopic (exact) mass is 164 g/mol. The summed E-state index contributed by atoms with van der Waals surface area (Å²) in [6.07, 6.45) is 0. The summed E-state index contributed by atoms with van der Waals surface area (Å²) in [6.45, 7) is 8.52. The molecule has 12 heavy (non-hydrogen) atoms. The van der Waals surface area contributed by atoms with Gasteiger partial charge >= 0.3 is 0 Å². The topological polar surface area (TPSA) is 41.6 Å². The molecule has 3 nitrogen and oxygen atoms in total. The molecule has 0 aliphatic rings. The molecule has 0 aromatic carbocycles. The molecular formula is C8H15BN3. The summed E-state index contributed by atoms with van der Waals surface area (Å²) in [6, 6.07) is 0. The molecule has 0 bridgehead atoms. The predicted molar refractivity (Wildman–Crippen MR) is 51.0 cm³/mol. The van der Waals surface area contributed by atoms with Crippen molar-refractivity contribution in [2.24, 2.45) is 0 Å². The van der Waals surface area contributed by atoms with Crippen molar-refractivity contribution in [1.29, 1.82) is 0 Å². The fraction of sp³-hybridized carbons (Fsp3) is 0.750. The molecule has 0 atom stereocenters. The minimum atomic E-state index is 0.439. The van der Waals surface area contributed by atoms with Crippen LogP contribution in [0.3, 0.4) is 0 Å². The van der Waals surface area contributed by atoms with E-state index in [4.69, 9.17) is 0 Å². The minimum Gasteiger partial charge on any atom is -0.198 e. The Morgan fingerprint density at radius 2 is 1.83 bits per heavy atom. The first-order valence-electron chi connectivity index (χ1n) is 4.36. The van der Waals surface area contributed by atoms with Crippen molar-refractivity contribution >= 4 is 12.9 Å². The van der Waals surface area contributed by atoms with Gasteiger partial charge in [-0.2, -0.15) is 15.4 Å². The Hall–Kier alpha value is -0.795. The second kappa shape index (κ2) is 3.74. The molecule has 0 amide bonds. The van der Waals surface area contributed by atoms with Crippen molar-refractivity contribution in [2.45, 2.75) is 39.4 Å². The highest BCUT2D eigenvalue weighted by molar-refractivity contribution is 6.54. The van der Waals surface area contributed by atoms with E-state index in [2.05, 4.69) is 50.4 Å². The molecule has 1 aromatic rings. The number of hydrogen-bond donors (Lipinski definition) is 1. The van der Waals surface area contributed by atoms with E-state index in [-0.39, 0.29) is 0 Å². The molecule has 0 saturated carbocycles. The number of aromatic amines is 1. The number of H-pyrrole nitrogens is 1. The van der Waals surface area contributed by atoms with Gasteiger partial charge in [0, 0.05) is 5.59 Å². The number of nitrogens with one attached hydrogen (secondary N) is 1. The van der Waals surface area contributed by atoms with Crippen LogP contribution in [0.1, 0.15) is 39.3 Å². The molecule has 1 rings (SSSR count). The lowest BCUT2D eigenvalue weighted by molar-refractivity contribution is 0.806. The van der Waals surface area contributed by atoms with Crippen LogP contribution in [-0.4, -0.2) is 22.7 Å². The van der Waals surface area contributed by atoms with E-state index < -0.39 is 0 Å². The van der Waals surface area contributed by atoms with Crippen LogP contribution in [-0.2, 0) is 0 Å². The largest absolute Gasteiger partial charge is 0.198 e. The summed E-state index contributed by atoms with van der Waals surface area (Å²) in [5.74, 6) is 0.960. The van der Waals surface area contributed by atoms with Gasteiger partial charge in [0.15, 0.2) is 7.28 Å². The number of rotatable bonds is 3. The van der Waals surface area contributed by atoms with Crippen LogP contribution < -0.4 is 5.59 Å². The zero-order chi connectivity index (χ0) is 9.14. The first-order chi connectivity index (χ1) is 5.61. The van der Waals surface area contributed by atoms with Crippen LogP contribution in [0.5, 0.6) is 0 Å².